The predicted octanol–water partition coefficient (Wildman–Crippen LogP) is 1.38. The lowest BCUT2D eigenvalue weighted by molar-refractivity contribution is -0.121. The third-order valence-electron chi connectivity index (χ3n) is 3.62. The molecule has 0 aliphatic heterocycles. The van der Waals surface area contributed by atoms with Gasteiger partial charge in [-0.15, -0.1) is 0 Å². The van der Waals surface area contributed by atoms with Crippen molar-refractivity contribution < 1.29 is 27.1 Å². The third kappa shape index (κ3) is 5.44. The van der Waals surface area contributed by atoms with Gasteiger partial charge in [0.25, 0.3) is 5.91 Å². The SMILES string of the molecule is COC(=O)c1ccc(/C=N\NC(=O)CN(C)S(=O)(=O)c2ccc(F)cc2)cc1. The molecule has 0 fully saturated rings. The lowest BCUT2D eigenvalue weighted by Crippen LogP contribution is -2.36. The molecule has 2 aromatic rings. The van der Waals surface area contributed by atoms with Crippen LogP contribution in [0.5, 0.6) is 0 Å². The molecule has 10 heteroatoms. The summed E-state index contributed by atoms with van der Waals surface area (Å²) in [6.45, 7) is -0.474. The van der Waals surface area contributed by atoms with Crippen LogP contribution in [0.3, 0.4) is 0 Å². The third-order valence-corrected chi connectivity index (χ3v) is 5.44. The van der Waals surface area contributed by atoms with Gasteiger partial charge in [0.05, 0.1) is 30.3 Å². The quantitative estimate of drug-likeness (QED) is 0.424. The monoisotopic (exact) mass is 407 g/mol. The molecule has 0 saturated carbocycles. The molecule has 2 aromatic carbocycles. The average molecular weight is 407 g/mol. The molecule has 0 bridgehead atoms. The van der Waals surface area contributed by atoms with E-state index in [0.29, 0.717) is 11.1 Å². The predicted molar refractivity (Wildman–Crippen MR) is 99.7 cm³/mol. The molecule has 2 rings (SSSR count). The largest absolute Gasteiger partial charge is 0.465 e. The molecule has 0 aliphatic carbocycles. The summed E-state index contributed by atoms with van der Waals surface area (Å²) in [6.07, 6.45) is 1.34. The second-order valence-corrected chi connectivity index (χ2v) is 7.67. The number of likely N-dealkylation sites (N-methyl/N-ethyl adjacent to an activating group) is 1. The van der Waals surface area contributed by atoms with Crippen molar-refractivity contribution in [1.82, 2.24) is 9.73 Å². The van der Waals surface area contributed by atoms with E-state index < -0.39 is 34.3 Å². The highest BCUT2D eigenvalue weighted by Crippen LogP contribution is 2.14. The Bertz CT molecular complexity index is 973. The summed E-state index contributed by atoms with van der Waals surface area (Å²) in [5, 5.41) is 3.74. The van der Waals surface area contributed by atoms with Crippen LogP contribution < -0.4 is 5.43 Å². The van der Waals surface area contributed by atoms with E-state index in [4.69, 9.17) is 0 Å². The van der Waals surface area contributed by atoms with Gasteiger partial charge >= 0.3 is 5.97 Å². The number of nitrogens with zero attached hydrogens (tertiary/aromatic N) is 2. The van der Waals surface area contributed by atoms with Crippen LogP contribution in [-0.2, 0) is 19.6 Å². The Kier molecular flexibility index (Phi) is 6.96. The summed E-state index contributed by atoms with van der Waals surface area (Å²) in [7, 11) is -1.43. The highest BCUT2D eigenvalue weighted by Gasteiger charge is 2.22. The minimum absolute atomic E-state index is 0.126. The Balaban J connectivity index is 1.93. The van der Waals surface area contributed by atoms with E-state index in [1.54, 1.807) is 12.1 Å². The zero-order valence-electron chi connectivity index (χ0n) is 15.1. The fourth-order valence-corrected chi connectivity index (χ4v) is 3.24. The molecule has 0 aromatic heterocycles. The summed E-state index contributed by atoms with van der Waals surface area (Å²) in [5.41, 5.74) is 3.20. The maximum atomic E-state index is 12.9. The lowest BCUT2D eigenvalue weighted by Gasteiger charge is -2.16. The van der Waals surface area contributed by atoms with Gasteiger partial charge in [0.2, 0.25) is 10.0 Å². The average Bonchev–Trinajstić information content (AvgIpc) is 2.68. The van der Waals surface area contributed by atoms with Crippen molar-refractivity contribution in [3.63, 3.8) is 0 Å². The molecular weight excluding hydrogens is 389 g/mol. The smallest absolute Gasteiger partial charge is 0.337 e. The first-order chi connectivity index (χ1) is 13.2. The summed E-state index contributed by atoms with van der Waals surface area (Å²) in [5.74, 6) is -1.69. The van der Waals surface area contributed by atoms with E-state index in [1.165, 1.54) is 32.5 Å². The van der Waals surface area contributed by atoms with Gasteiger partial charge in [0.1, 0.15) is 5.82 Å². The fourth-order valence-electron chi connectivity index (χ4n) is 2.11. The zero-order chi connectivity index (χ0) is 20.7. The Labute approximate surface area is 161 Å². The fraction of sp³-hybridized carbons (Fsp3) is 0.167. The molecule has 0 radical (unpaired) electrons. The van der Waals surface area contributed by atoms with Crippen molar-refractivity contribution in [2.45, 2.75) is 4.90 Å². The number of ether oxygens (including phenoxy) is 1. The number of hydrazone groups is 1. The molecule has 1 N–H and O–H groups in total. The van der Waals surface area contributed by atoms with Crippen molar-refractivity contribution in [1.29, 1.82) is 0 Å². The second kappa shape index (κ2) is 9.20. The first-order valence-electron chi connectivity index (χ1n) is 7.96. The number of sulfonamides is 1. The Morgan fingerprint density at radius 3 is 2.32 bits per heavy atom. The van der Waals surface area contributed by atoms with E-state index in [0.717, 1.165) is 28.6 Å². The van der Waals surface area contributed by atoms with Gasteiger partial charge in [-0.2, -0.15) is 9.41 Å². The van der Waals surface area contributed by atoms with E-state index in [2.05, 4.69) is 15.3 Å². The van der Waals surface area contributed by atoms with Gasteiger partial charge in [-0.1, -0.05) is 12.1 Å². The number of halogens is 1. The first kappa shape index (κ1) is 21.2. The van der Waals surface area contributed by atoms with Gasteiger partial charge < -0.3 is 4.74 Å². The minimum Gasteiger partial charge on any atom is -0.465 e. The van der Waals surface area contributed by atoms with Crippen molar-refractivity contribution in [2.75, 3.05) is 20.7 Å². The number of hydrogen-bond donors (Lipinski definition) is 1. The van der Waals surface area contributed by atoms with Crippen molar-refractivity contribution >= 4 is 28.1 Å². The summed E-state index contributed by atoms with van der Waals surface area (Å²) >= 11 is 0. The van der Waals surface area contributed by atoms with Crippen LogP contribution in [0.25, 0.3) is 0 Å². The Hall–Kier alpha value is -3.11. The number of methoxy groups -OCH3 is 1. The van der Waals surface area contributed by atoms with Gasteiger partial charge in [-0.25, -0.2) is 23.0 Å². The molecule has 0 saturated heterocycles. The van der Waals surface area contributed by atoms with Gasteiger partial charge in [0, 0.05) is 7.05 Å². The van der Waals surface area contributed by atoms with E-state index in [-0.39, 0.29) is 4.90 Å². The van der Waals surface area contributed by atoms with Crippen LogP contribution in [-0.4, -0.2) is 51.5 Å². The summed E-state index contributed by atoms with van der Waals surface area (Å²) in [6, 6.07) is 10.6. The van der Waals surface area contributed by atoms with Crippen molar-refractivity contribution in [3.8, 4) is 0 Å². The number of rotatable bonds is 7. The van der Waals surface area contributed by atoms with E-state index in [1.807, 2.05) is 0 Å². The molecule has 0 aliphatic rings. The van der Waals surface area contributed by atoms with Crippen LogP contribution in [0.2, 0.25) is 0 Å². The second-order valence-electron chi connectivity index (χ2n) is 5.62. The highest BCUT2D eigenvalue weighted by molar-refractivity contribution is 7.89. The number of esters is 1. The topological polar surface area (TPSA) is 105 Å². The molecule has 0 heterocycles. The zero-order valence-corrected chi connectivity index (χ0v) is 15.9. The summed E-state index contributed by atoms with van der Waals surface area (Å²) in [4.78, 5) is 23.1. The molecule has 148 valence electrons. The van der Waals surface area contributed by atoms with Gasteiger partial charge in [0.15, 0.2) is 0 Å². The standard InChI is InChI=1S/C18H18FN3O5S/c1-22(28(25,26)16-9-7-15(19)8-10-16)12-17(23)21-20-11-13-3-5-14(6-4-13)18(24)27-2/h3-11H,12H2,1-2H3,(H,21,23)/b20-11-. The van der Waals surface area contributed by atoms with Crippen LogP contribution in [0.1, 0.15) is 15.9 Å². The number of carbonyl (C=O) groups is 2. The van der Waals surface area contributed by atoms with Crippen LogP contribution in [0, 0.1) is 5.82 Å². The van der Waals surface area contributed by atoms with Gasteiger partial charge in [-0.3, -0.25) is 4.79 Å². The Morgan fingerprint density at radius 1 is 1.14 bits per heavy atom. The number of amides is 1. The summed E-state index contributed by atoms with van der Waals surface area (Å²) < 4.78 is 43.0. The van der Waals surface area contributed by atoms with Gasteiger partial charge in [-0.05, 0) is 42.0 Å². The lowest BCUT2D eigenvalue weighted by atomic mass is 10.1. The number of nitrogens with one attached hydrogen (secondary N) is 1. The molecule has 28 heavy (non-hydrogen) atoms. The minimum atomic E-state index is -3.93. The number of benzene rings is 2. The maximum absolute atomic E-state index is 12.9. The van der Waals surface area contributed by atoms with Crippen molar-refractivity contribution in [3.05, 3.63) is 65.5 Å². The van der Waals surface area contributed by atoms with Crippen LogP contribution >= 0.6 is 0 Å². The Morgan fingerprint density at radius 2 is 1.75 bits per heavy atom. The molecular formula is C18H18FN3O5S. The normalized spacial score (nSPS) is 11.6. The highest BCUT2D eigenvalue weighted by atomic mass is 32.2. The van der Waals surface area contributed by atoms with E-state index >= 15 is 0 Å². The molecule has 0 atom stereocenters. The number of hydrogen-bond acceptors (Lipinski definition) is 6. The molecule has 8 nitrogen and oxygen atoms in total. The molecule has 0 unspecified atom stereocenters. The number of carbonyl (C=O) groups excluding carboxylic acids is 2. The first-order valence-corrected chi connectivity index (χ1v) is 9.40. The van der Waals surface area contributed by atoms with Crippen LogP contribution in [0.15, 0.2) is 58.5 Å². The maximum Gasteiger partial charge on any atom is 0.337 e. The molecule has 1 amide bonds. The van der Waals surface area contributed by atoms with Crippen molar-refractivity contribution in [2.24, 2.45) is 5.10 Å². The van der Waals surface area contributed by atoms with E-state index in [9.17, 15) is 22.4 Å². The van der Waals surface area contributed by atoms with Crippen LogP contribution in [0.4, 0.5) is 4.39 Å². The molecule has 0 spiro atoms.